The zero-order valence-corrected chi connectivity index (χ0v) is 12.4. The second-order valence-electron chi connectivity index (χ2n) is 4.89. The lowest BCUT2D eigenvalue weighted by Gasteiger charge is -2.24. The van der Waals surface area contributed by atoms with Gasteiger partial charge in [-0.1, -0.05) is 0 Å². The number of sulfonamides is 1. The molecule has 0 fully saturated rings. The molecule has 8 heteroatoms. The van der Waals surface area contributed by atoms with E-state index in [4.69, 9.17) is 15.6 Å². The van der Waals surface area contributed by atoms with Crippen LogP contribution >= 0.6 is 0 Å². The van der Waals surface area contributed by atoms with E-state index in [1.54, 1.807) is 20.1 Å². The van der Waals surface area contributed by atoms with Gasteiger partial charge in [-0.3, -0.25) is 0 Å². The molecule has 0 spiro atoms. The van der Waals surface area contributed by atoms with Gasteiger partial charge in [0.2, 0.25) is 10.0 Å². The number of methoxy groups -OCH3 is 1. The van der Waals surface area contributed by atoms with Gasteiger partial charge in [0.25, 0.3) is 0 Å². The summed E-state index contributed by atoms with van der Waals surface area (Å²) in [7, 11) is -2.35. The van der Waals surface area contributed by atoms with Gasteiger partial charge in [-0.2, -0.15) is 0 Å². The molecule has 0 aliphatic carbocycles. The number of hydrogen-bond donors (Lipinski definition) is 4. The molecule has 1 atom stereocenters. The number of aliphatic hydroxyl groups is 1. The molecule has 7 nitrogen and oxygen atoms in total. The van der Waals surface area contributed by atoms with Crippen molar-refractivity contribution in [2.45, 2.75) is 23.8 Å². The van der Waals surface area contributed by atoms with Crippen molar-refractivity contribution in [3.63, 3.8) is 0 Å². The molecule has 0 aromatic heterocycles. The smallest absolute Gasteiger partial charge is 0.240 e. The summed E-state index contributed by atoms with van der Waals surface area (Å²) < 4.78 is 27.9. The summed E-state index contributed by atoms with van der Waals surface area (Å²) in [6.07, 6.45) is 0.413. The van der Waals surface area contributed by atoms with Gasteiger partial charge in [-0.05, 0) is 25.1 Å². The van der Waals surface area contributed by atoms with Crippen molar-refractivity contribution in [1.82, 2.24) is 0 Å². The van der Waals surface area contributed by atoms with Gasteiger partial charge in [0.1, 0.15) is 4.90 Å². The number of benzene rings is 1. The zero-order chi connectivity index (χ0) is 15.4. The van der Waals surface area contributed by atoms with Crippen molar-refractivity contribution in [2.24, 2.45) is 5.14 Å². The first kappa shape index (κ1) is 16.7. The van der Waals surface area contributed by atoms with Crippen LogP contribution in [-0.2, 0) is 14.8 Å². The molecule has 0 aliphatic rings. The lowest BCUT2D eigenvalue weighted by atomic mass is 10.0. The van der Waals surface area contributed by atoms with Crippen LogP contribution in [0, 0.1) is 0 Å². The van der Waals surface area contributed by atoms with Crippen molar-refractivity contribution < 1.29 is 18.3 Å². The van der Waals surface area contributed by atoms with E-state index >= 15 is 0 Å². The van der Waals surface area contributed by atoms with E-state index in [2.05, 4.69) is 5.32 Å². The first-order valence-corrected chi connectivity index (χ1v) is 7.58. The summed E-state index contributed by atoms with van der Waals surface area (Å²) >= 11 is 0. The lowest BCUT2D eigenvalue weighted by molar-refractivity contribution is 0.0357. The largest absolute Gasteiger partial charge is 0.399 e. The van der Waals surface area contributed by atoms with E-state index in [1.807, 2.05) is 0 Å². The normalized spacial score (nSPS) is 14.8. The first-order chi connectivity index (χ1) is 9.15. The number of primary sulfonamides is 1. The molecule has 20 heavy (non-hydrogen) atoms. The maximum Gasteiger partial charge on any atom is 0.240 e. The van der Waals surface area contributed by atoms with Crippen LogP contribution in [0.4, 0.5) is 11.4 Å². The second-order valence-corrected chi connectivity index (χ2v) is 6.42. The third kappa shape index (κ3) is 4.97. The number of hydrogen-bond acceptors (Lipinski definition) is 6. The number of ether oxygens (including phenoxy) is 1. The van der Waals surface area contributed by atoms with Crippen LogP contribution < -0.4 is 16.2 Å². The minimum absolute atomic E-state index is 0.0972. The van der Waals surface area contributed by atoms with Gasteiger partial charge in [0.05, 0.1) is 11.3 Å². The quantitative estimate of drug-likeness (QED) is 0.530. The molecule has 114 valence electrons. The fraction of sp³-hybridized carbons (Fsp3) is 0.500. The Hall–Kier alpha value is -1.35. The van der Waals surface area contributed by atoms with E-state index < -0.39 is 15.6 Å². The summed E-state index contributed by atoms with van der Waals surface area (Å²) in [5.41, 5.74) is 5.13. The molecule has 0 aliphatic heterocycles. The van der Waals surface area contributed by atoms with Crippen LogP contribution in [0.5, 0.6) is 0 Å². The highest BCUT2D eigenvalue weighted by Crippen LogP contribution is 2.23. The van der Waals surface area contributed by atoms with Crippen molar-refractivity contribution in [3.8, 4) is 0 Å². The van der Waals surface area contributed by atoms with E-state index in [1.165, 1.54) is 12.1 Å². The first-order valence-electron chi connectivity index (χ1n) is 6.03. The van der Waals surface area contributed by atoms with Gasteiger partial charge >= 0.3 is 0 Å². The topological polar surface area (TPSA) is 128 Å². The molecule has 0 heterocycles. The highest BCUT2D eigenvalue weighted by Gasteiger charge is 2.21. The van der Waals surface area contributed by atoms with Gasteiger partial charge < -0.3 is 20.9 Å². The minimum Gasteiger partial charge on any atom is -0.399 e. The van der Waals surface area contributed by atoms with Crippen molar-refractivity contribution >= 4 is 21.4 Å². The Morgan fingerprint density at radius 2 is 2.10 bits per heavy atom. The van der Waals surface area contributed by atoms with Gasteiger partial charge in [0, 0.05) is 32.4 Å². The summed E-state index contributed by atoms with van der Waals surface area (Å²) in [4.78, 5) is -0.0972. The molecule has 1 aromatic carbocycles. The molecule has 1 aromatic rings. The Kier molecular flexibility index (Phi) is 5.35. The van der Waals surface area contributed by atoms with Gasteiger partial charge in [-0.25, -0.2) is 13.6 Å². The Morgan fingerprint density at radius 1 is 1.45 bits per heavy atom. The van der Waals surface area contributed by atoms with E-state index in [9.17, 15) is 13.5 Å². The number of nitrogens with two attached hydrogens (primary N) is 2. The number of nitrogen functional groups attached to an aromatic ring is 1. The molecule has 0 bridgehead atoms. The molecular weight excluding hydrogens is 282 g/mol. The summed E-state index contributed by atoms with van der Waals surface area (Å²) in [5.74, 6) is 0. The van der Waals surface area contributed by atoms with Gasteiger partial charge in [0.15, 0.2) is 0 Å². The molecule has 1 unspecified atom stereocenters. The van der Waals surface area contributed by atoms with E-state index in [-0.39, 0.29) is 11.4 Å². The molecule has 1 rings (SSSR count). The third-order valence-electron chi connectivity index (χ3n) is 2.82. The van der Waals surface area contributed by atoms with Crippen LogP contribution in [-0.4, -0.2) is 39.4 Å². The molecule has 0 amide bonds. The Labute approximate surface area is 119 Å². The molecular formula is C12H21N3O4S. The van der Waals surface area contributed by atoms with Crippen LogP contribution in [0.1, 0.15) is 13.3 Å². The number of nitrogens with one attached hydrogen (secondary N) is 1. The SMILES string of the molecule is COCCC(C)(O)CNc1ccc(N)cc1S(N)(=O)=O. The predicted octanol–water partition coefficient (Wildman–Crippen LogP) is 0.116. The Balaban J connectivity index is 2.88. The van der Waals surface area contributed by atoms with Crippen molar-refractivity contribution in [2.75, 3.05) is 31.3 Å². The highest BCUT2D eigenvalue weighted by molar-refractivity contribution is 7.89. The molecule has 0 saturated heterocycles. The second kappa shape index (κ2) is 6.40. The lowest BCUT2D eigenvalue weighted by Crippen LogP contribution is -2.35. The summed E-state index contributed by atoms with van der Waals surface area (Å²) in [5, 5.41) is 18.1. The van der Waals surface area contributed by atoms with Crippen molar-refractivity contribution in [1.29, 1.82) is 0 Å². The minimum atomic E-state index is -3.89. The summed E-state index contributed by atoms with van der Waals surface area (Å²) in [6.45, 7) is 2.19. The van der Waals surface area contributed by atoms with Crippen LogP contribution in [0.25, 0.3) is 0 Å². The maximum absolute atomic E-state index is 11.5. The van der Waals surface area contributed by atoms with Gasteiger partial charge in [-0.15, -0.1) is 0 Å². The summed E-state index contributed by atoms with van der Waals surface area (Å²) in [6, 6.07) is 4.35. The van der Waals surface area contributed by atoms with Crippen molar-refractivity contribution in [3.05, 3.63) is 18.2 Å². The third-order valence-corrected chi connectivity index (χ3v) is 3.77. The van der Waals surface area contributed by atoms with Crippen LogP contribution in [0.2, 0.25) is 0 Å². The molecule has 0 radical (unpaired) electrons. The average Bonchev–Trinajstić information content (AvgIpc) is 2.34. The van der Waals surface area contributed by atoms with Crippen LogP contribution in [0.15, 0.2) is 23.1 Å². The average molecular weight is 303 g/mol. The highest BCUT2D eigenvalue weighted by atomic mass is 32.2. The Morgan fingerprint density at radius 3 is 2.65 bits per heavy atom. The molecule has 6 N–H and O–H groups in total. The van der Waals surface area contributed by atoms with E-state index in [0.717, 1.165) is 0 Å². The molecule has 0 saturated carbocycles. The Bertz CT molecular complexity index is 558. The maximum atomic E-state index is 11.5. The monoisotopic (exact) mass is 303 g/mol. The van der Waals surface area contributed by atoms with E-state index in [0.29, 0.717) is 24.4 Å². The standard InChI is InChI=1S/C12H21N3O4S/c1-12(16,5-6-19-2)8-15-10-4-3-9(13)7-11(10)20(14,17)18/h3-4,7,15-16H,5-6,8,13H2,1-2H3,(H2,14,17,18). The fourth-order valence-corrected chi connectivity index (χ4v) is 2.36. The fourth-order valence-electron chi connectivity index (χ4n) is 1.62. The zero-order valence-electron chi connectivity index (χ0n) is 11.6. The number of rotatable bonds is 7. The predicted molar refractivity (Wildman–Crippen MR) is 77.8 cm³/mol. The number of anilines is 2. The van der Waals surface area contributed by atoms with Crippen LogP contribution in [0.3, 0.4) is 0 Å².